The Morgan fingerprint density at radius 1 is 1.55 bits per heavy atom. The number of carbonyl (C=O) groups excluding carboxylic acids is 1. The van der Waals surface area contributed by atoms with Crippen LogP contribution in [0.2, 0.25) is 0 Å². The quantitative estimate of drug-likeness (QED) is 0.587. The number of aliphatic hydroxyl groups excluding tert-OH is 1. The number of nitrogens with two attached hydrogens (primary N) is 1. The van der Waals surface area contributed by atoms with Crippen molar-refractivity contribution in [1.29, 1.82) is 0 Å². The van der Waals surface area contributed by atoms with Crippen LogP contribution in [0.1, 0.15) is 6.42 Å². The summed E-state index contributed by atoms with van der Waals surface area (Å²) < 4.78 is 5.46. The maximum Gasteiger partial charge on any atom is 0.221 e. The van der Waals surface area contributed by atoms with E-state index in [1.54, 1.807) is 31.3 Å². The lowest BCUT2D eigenvalue weighted by molar-refractivity contribution is -0.120. The smallest absolute Gasteiger partial charge is 0.221 e. The number of nitrogens with zero attached hydrogens (tertiary/aromatic N) is 1. The summed E-state index contributed by atoms with van der Waals surface area (Å²) >= 11 is 0. The molecule has 0 aliphatic rings. The standard InChI is InChI=1S/C14H23N3O3/c1-16-14(19)6-7-17(2)9-12(18)10-20-13-5-3-4-11(15)8-13/h3-5,8,12,18H,6-7,9-10,15H2,1-2H3,(H,16,19). The molecule has 0 saturated carbocycles. The number of hydrogen-bond acceptors (Lipinski definition) is 5. The Hall–Kier alpha value is -1.79. The summed E-state index contributed by atoms with van der Waals surface area (Å²) in [6.45, 7) is 1.22. The van der Waals surface area contributed by atoms with Gasteiger partial charge in [0.25, 0.3) is 0 Å². The van der Waals surface area contributed by atoms with Crippen LogP contribution in [-0.2, 0) is 4.79 Å². The fourth-order valence-electron chi connectivity index (χ4n) is 1.72. The number of nitrogens with one attached hydrogen (secondary N) is 1. The van der Waals surface area contributed by atoms with Crippen LogP contribution in [-0.4, -0.2) is 55.8 Å². The highest BCUT2D eigenvalue weighted by Crippen LogP contribution is 2.14. The van der Waals surface area contributed by atoms with Gasteiger partial charge in [-0.3, -0.25) is 4.79 Å². The summed E-state index contributed by atoms with van der Waals surface area (Å²) in [6.07, 6.45) is -0.207. The van der Waals surface area contributed by atoms with E-state index >= 15 is 0 Å². The van der Waals surface area contributed by atoms with Gasteiger partial charge in [-0.1, -0.05) is 6.07 Å². The second-order valence-electron chi connectivity index (χ2n) is 4.72. The lowest BCUT2D eigenvalue weighted by Gasteiger charge is -2.20. The molecule has 1 aromatic carbocycles. The molecule has 6 heteroatoms. The number of anilines is 1. The van der Waals surface area contributed by atoms with Gasteiger partial charge in [-0.15, -0.1) is 0 Å². The molecule has 1 rings (SSSR count). The number of likely N-dealkylation sites (N-methyl/N-ethyl adjacent to an activating group) is 1. The zero-order valence-electron chi connectivity index (χ0n) is 12.0. The summed E-state index contributed by atoms with van der Waals surface area (Å²) in [7, 11) is 3.46. The first-order chi connectivity index (χ1) is 9.51. The van der Waals surface area contributed by atoms with E-state index in [0.717, 1.165) is 0 Å². The molecule has 0 saturated heterocycles. The first-order valence-electron chi connectivity index (χ1n) is 6.56. The number of ether oxygens (including phenoxy) is 1. The number of amides is 1. The van der Waals surface area contributed by atoms with E-state index in [1.807, 2.05) is 11.9 Å². The van der Waals surface area contributed by atoms with Gasteiger partial charge in [-0.25, -0.2) is 0 Å². The molecule has 112 valence electrons. The molecule has 1 amide bonds. The molecule has 0 heterocycles. The molecule has 6 nitrogen and oxygen atoms in total. The highest BCUT2D eigenvalue weighted by atomic mass is 16.5. The Balaban J connectivity index is 2.25. The lowest BCUT2D eigenvalue weighted by Crippen LogP contribution is -2.35. The minimum Gasteiger partial charge on any atom is -0.491 e. The van der Waals surface area contributed by atoms with Crippen LogP contribution in [0.15, 0.2) is 24.3 Å². The number of carbonyl (C=O) groups is 1. The van der Waals surface area contributed by atoms with Crippen molar-refractivity contribution in [2.24, 2.45) is 0 Å². The second-order valence-corrected chi connectivity index (χ2v) is 4.72. The number of aliphatic hydroxyl groups is 1. The summed E-state index contributed by atoms with van der Waals surface area (Å²) in [5, 5.41) is 12.4. The second kappa shape index (κ2) is 8.39. The van der Waals surface area contributed by atoms with Gasteiger partial charge in [0.2, 0.25) is 5.91 Å². The Morgan fingerprint density at radius 3 is 2.95 bits per heavy atom. The zero-order chi connectivity index (χ0) is 15.0. The molecular formula is C14H23N3O3. The predicted molar refractivity (Wildman–Crippen MR) is 78.5 cm³/mol. The molecule has 20 heavy (non-hydrogen) atoms. The third kappa shape index (κ3) is 6.40. The fourth-order valence-corrected chi connectivity index (χ4v) is 1.72. The van der Waals surface area contributed by atoms with Gasteiger partial charge < -0.3 is 25.8 Å². The van der Waals surface area contributed by atoms with E-state index in [2.05, 4.69) is 5.32 Å². The van der Waals surface area contributed by atoms with Crippen molar-refractivity contribution in [2.45, 2.75) is 12.5 Å². The molecular weight excluding hydrogens is 258 g/mol. The Morgan fingerprint density at radius 2 is 2.30 bits per heavy atom. The van der Waals surface area contributed by atoms with Crippen molar-refractivity contribution in [3.63, 3.8) is 0 Å². The van der Waals surface area contributed by atoms with E-state index < -0.39 is 6.10 Å². The van der Waals surface area contributed by atoms with Crippen molar-refractivity contribution >= 4 is 11.6 Å². The zero-order valence-corrected chi connectivity index (χ0v) is 12.0. The topological polar surface area (TPSA) is 87.8 Å². The molecule has 1 unspecified atom stereocenters. The molecule has 1 atom stereocenters. The molecule has 0 bridgehead atoms. The molecule has 0 aliphatic carbocycles. The predicted octanol–water partition coefficient (Wildman–Crippen LogP) is 0.0764. The van der Waals surface area contributed by atoms with Gasteiger partial charge in [0.05, 0.1) is 0 Å². The lowest BCUT2D eigenvalue weighted by atomic mass is 10.3. The molecule has 0 spiro atoms. The molecule has 0 aromatic heterocycles. The van der Waals surface area contributed by atoms with E-state index in [9.17, 15) is 9.90 Å². The van der Waals surface area contributed by atoms with Crippen LogP contribution < -0.4 is 15.8 Å². The Kier molecular flexibility index (Phi) is 6.83. The van der Waals surface area contributed by atoms with Crippen molar-refractivity contribution in [3.05, 3.63) is 24.3 Å². The summed E-state index contributed by atoms with van der Waals surface area (Å²) in [5.74, 6) is 0.624. The summed E-state index contributed by atoms with van der Waals surface area (Å²) in [6, 6.07) is 7.07. The van der Waals surface area contributed by atoms with Crippen molar-refractivity contribution in [3.8, 4) is 5.75 Å². The third-order valence-corrected chi connectivity index (χ3v) is 2.82. The van der Waals surface area contributed by atoms with E-state index in [-0.39, 0.29) is 12.5 Å². The molecule has 1 aromatic rings. The van der Waals surface area contributed by atoms with Crippen LogP contribution >= 0.6 is 0 Å². The first kappa shape index (κ1) is 16.3. The van der Waals surface area contributed by atoms with Crippen molar-refractivity contribution in [1.82, 2.24) is 10.2 Å². The minimum atomic E-state index is -0.619. The SMILES string of the molecule is CNC(=O)CCN(C)CC(O)COc1cccc(N)c1. The van der Waals surface area contributed by atoms with E-state index in [4.69, 9.17) is 10.5 Å². The van der Waals surface area contributed by atoms with Gasteiger partial charge in [0, 0.05) is 38.3 Å². The van der Waals surface area contributed by atoms with Crippen LogP contribution in [0.3, 0.4) is 0 Å². The van der Waals surface area contributed by atoms with E-state index in [0.29, 0.717) is 30.9 Å². The van der Waals surface area contributed by atoms with Gasteiger partial charge in [-0.05, 0) is 19.2 Å². The monoisotopic (exact) mass is 281 g/mol. The molecule has 0 aliphatic heterocycles. The number of hydrogen-bond donors (Lipinski definition) is 3. The number of rotatable bonds is 8. The van der Waals surface area contributed by atoms with Crippen LogP contribution in [0.4, 0.5) is 5.69 Å². The summed E-state index contributed by atoms with van der Waals surface area (Å²) in [4.78, 5) is 13.0. The number of benzene rings is 1. The van der Waals surface area contributed by atoms with Gasteiger partial charge in [0.15, 0.2) is 0 Å². The average molecular weight is 281 g/mol. The summed E-state index contributed by atoms with van der Waals surface area (Å²) in [5.41, 5.74) is 6.26. The average Bonchev–Trinajstić information content (AvgIpc) is 2.42. The van der Waals surface area contributed by atoms with Crippen molar-refractivity contribution in [2.75, 3.05) is 39.5 Å². The third-order valence-electron chi connectivity index (χ3n) is 2.82. The van der Waals surface area contributed by atoms with Crippen LogP contribution in [0.25, 0.3) is 0 Å². The highest BCUT2D eigenvalue weighted by Gasteiger charge is 2.10. The molecule has 0 radical (unpaired) electrons. The van der Waals surface area contributed by atoms with Crippen LogP contribution in [0.5, 0.6) is 5.75 Å². The van der Waals surface area contributed by atoms with Gasteiger partial charge in [-0.2, -0.15) is 0 Å². The Bertz CT molecular complexity index is 426. The number of nitrogen functional groups attached to an aromatic ring is 1. The first-order valence-corrected chi connectivity index (χ1v) is 6.56. The normalized spacial score (nSPS) is 12.2. The van der Waals surface area contributed by atoms with Gasteiger partial charge in [0.1, 0.15) is 18.5 Å². The maximum atomic E-state index is 11.1. The van der Waals surface area contributed by atoms with Gasteiger partial charge >= 0.3 is 0 Å². The Labute approximate surface area is 119 Å². The minimum absolute atomic E-state index is 0.0117. The van der Waals surface area contributed by atoms with E-state index in [1.165, 1.54) is 0 Å². The maximum absolute atomic E-state index is 11.1. The largest absolute Gasteiger partial charge is 0.491 e. The fraction of sp³-hybridized carbons (Fsp3) is 0.500. The highest BCUT2D eigenvalue weighted by molar-refractivity contribution is 5.75. The molecule has 4 N–H and O–H groups in total. The molecule has 0 fully saturated rings. The van der Waals surface area contributed by atoms with Crippen LogP contribution in [0, 0.1) is 0 Å². The van der Waals surface area contributed by atoms with Crippen molar-refractivity contribution < 1.29 is 14.6 Å².